The zero-order valence-corrected chi connectivity index (χ0v) is 13.0. The first-order chi connectivity index (χ1) is 9.84. The standard InChI is InChI=1S/C13H20N4OS2/c19-13(16-15-10-12-2-9-20-11-12)14-3-1-4-17-5-7-18-8-6-17/h2,9-11H,1,3-8H2,(H2,14,16,19)/b15-10+. The zero-order chi connectivity index (χ0) is 14.0. The Kier molecular flexibility index (Phi) is 6.93. The van der Waals surface area contributed by atoms with Crippen LogP contribution in [0.15, 0.2) is 21.9 Å². The van der Waals surface area contributed by atoms with Crippen LogP contribution in [-0.4, -0.2) is 55.6 Å². The van der Waals surface area contributed by atoms with Gasteiger partial charge in [0, 0.05) is 25.2 Å². The molecule has 0 saturated carbocycles. The van der Waals surface area contributed by atoms with Crippen LogP contribution in [-0.2, 0) is 4.74 Å². The normalized spacial score (nSPS) is 16.4. The third-order valence-electron chi connectivity index (χ3n) is 2.96. The second-order valence-electron chi connectivity index (χ2n) is 4.49. The number of hydrogen-bond acceptors (Lipinski definition) is 5. The highest BCUT2D eigenvalue weighted by molar-refractivity contribution is 7.80. The van der Waals surface area contributed by atoms with E-state index in [1.54, 1.807) is 17.6 Å². The highest BCUT2D eigenvalue weighted by Crippen LogP contribution is 2.01. The summed E-state index contributed by atoms with van der Waals surface area (Å²) in [6.45, 7) is 5.71. The predicted molar refractivity (Wildman–Crippen MR) is 87.5 cm³/mol. The summed E-state index contributed by atoms with van der Waals surface area (Å²) in [4.78, 5) is 2.41. The van der Waals surface area contributed by atoms with Crippen molar-refractivity contribution in [3.05, 3.63) is 22.4 Å². The fourth-order valence-corrected chi connectivity index (χ4v) is 2.65. The van der Waals surface area contributed by atoms with Gasteiger partial charge in [-0.1, -0.05) is 0 Å². The second kappa shape index (κ2) is 9.02. The highest BCUT2D eigenvalue weighted by atomic mass is 32.1. The molecule has 1 aliphatic heterocycles. The second-order valence-corrected chi connectivity index (χ2v) is 5.68. The quantitative estimate of drug-likeness (QED) is 0.358. The Morgan fingerprint density at radius 3 is 3.10 bits per heavy atom. The minimum atomic E-state index is 0.568. The van der Waals surface area contributed by atoms with Crippen LogP contribution in [0.5, 0.6) is 0 Å². The van der Waals surface area contributed by atoms with E-state index in [-0.39, 0.29) is 0 Å². The minimum absolute atomic E-state index is 0.568. The van der Waals surface area contributed by atoms with Gasteiger partial charge in [0.15, 0.2) is 5.11 Å². The molecule has 1 aromatic heterocycles. The molecule has 1 saturated heterocycles. The molecule has 110 valence electrons. The Bertz CT molecular complexity index is 416. The van der Waals surface area contributed by atoms with Crippen molar-refractivity contribution < 1.29 is 4.74 Å². The summed E-state index contributed by atoms with van der Waals surface area (Å²) in [7, 11) is 0. The molecular formula is C13H20N4OS2. The Hall–Kier alpha value is -1.02. The van der Waals surface area contributed by atoms with Gasteiger partial charge in [-0.05, 0) is 42.0 Å². The molecule has 20 heavy (non-hydrogen) atoms. The molecule has 0 atom stereocenters. The van der Waals surface area contributed by atoms with E-state index < -0.39 is 0 Å². The van der Waals surface area contributed by atoms with E-state index in [2.05, 4.69) is 20.7 Å². The first-order valence-electron chi connectivity index (χ1n) is 6.74. The van der Waals surface area contributed by atoms with Crippen LogP contribution < -0.4 is 10.7 Å². The molecule has 7 heteroatoms. The number of thiophene rings is 1. The van der Waals surface area contributed by atoms with Crippen molar-refractivity contribution in [3.63, 3.8) is 0 Å². The molecule has 0 radical (unpaired) electrons. The Balaban J connectivity index is 1.51. The maximum absolute atomic E-state index is 5.32. The average molecular weight is 312 g/mol. The van der Waals surface area contributed by atoms with Gasteiger partial charge in [0.25, 0.3) is 0 Å². The van der Waals surface area contributed by atoms with Crippen molar-refractivity contribution in [2.45, 2.75) is 6.42 Å². The molecule has 2 rings (SSSR count). The maximum Gasteiger partial charge on any atom is 0.186 e. The topological polar surface area (TPSA) is 48.9 Å². The molecular weight excluding hydrogens is 292 g/mol. The van der Waals surface area contributed by atoms with E-state index in [0.29, 0.717) is 5.11 Å². The van der Waals surface area contributed by atoms with E-state index in [0.717, 1.165) is 51.4 Å². The van der Waals surface area contributed by atoms with Gasteiger partial charge in [-0.25, -0.2) is 0 Å². The smallest absolute Gasteiger partial charge is 0.186 e. The number of morpholine rings is 1. The van der Waals surface area contributed by atoms with Gasteiger partial charge in [-0.3, -0.25) is 10.3 Å². The lowest BCUT2D eigenvalue weighted by molar-refractivity contribution is 0.0376. The molecule has 5 nitrogen and oxygen atoms in total. The van der Waals surface area contributed by atoms with Gasteiger partial charge in [0.2, 0.25) is 0 Å². The summed E-state index contributed by atoms with van der Waals surface area (Å²) in [5.74, 6) is 0. The summed E-state index contributed by atoms with van der Waals surface area (Å²) in [6.07, 6.45) is 2.83. The van der Waals surface area contributed by atoms with E-state index in [4.69, 9.17) is 17.0 Å². The van der Waals surface area contributed by atoms with Gasteiger partial charge in [-0.2, -0.15) is 16.4 Å². The molecule has 1 aromatic rings. The van der Waals surface area contributed by atoms with Gasteiger partial charge in [0.05, 0.1) is 19.4 Å². The lowest BCUT2D eigenvalue weighted by Gasteiger charge is -2.26. The number of hydrogen-bond donors (Lipinski definition) is 2. The number of nitrogens with one attached hydrogen (secondary N) is 2. The van der Waals surface area contributed by atoms with Gasteiger partial charge >= 0.3 is 0 Å². The largest absolute Gasteiger partial charge is 0.379 e. The van der Waals surface area contributed by atoms with Crippen molar-refractivity contribution >= 4 is 34.9 Å². The molecule has 1 fully saturated rings. The van der Waals surface area contributed by atoms with Crippen LogP contribution in [0.3, 0.4) is 0 Å². The summed E-state index contributed by atoms with van der Waals surface area (Å²) in [6, 6.07) is 2.01. The van der Waals surface area contributed by atoms with E-state index in [1.807, 2.05) is 16.8 Å². The maximum atomic E-state index is 5.32. The van der Waals surface area contributed by atoms with Crippen molar-refractivity contribution in [2.24, 2.45) is 5.10 Å². The van der Waals surface area contributed by atoms with Crippen molar-refractivity contribution in [1.82, 2.24) is 15.6 Å². The van der Waals surface area contributed by atoms with Crippen LogP contribution in [0.1, 0.15) is 12.0 Å². The molecule has 2 heterocycles. The van der Waals surface area contributed by atoms with Crippen LogP contribution in [0.25, 0.3) is 0 Å². The van der Waals surface area contributed by atoms with E-state index in [1.165, 1.54) is 0 Å². The van der Waals surface area contributed by atoms with Gasteiger partial charge in [0.1, 0.15) is 0 Å². The average Bonchev–Trinajstić information content (AvgIpc) is 2.98. The number of nitrogens with zero attached hydrogens (tertiary/aromatic N) is 2. The first kappa shape index (κ1) is 15.4. The SMILES string of the molecule is S=C(NCCCN1CCOCC1)N/N=C/c1ccsc1. The van der Waals surface area contributed by atoms with Gasteiger partial charge < -0.3 is 10.1 Å². The molecule has 0 bridgehead atoms. The fraction of sp³-hybridized carbons (Fsp3) is 0.538. The minimum Gasteiger partial charge on any atom is -0.379 e. The Morgan fingerprint density at radius 1 is 1.50 bits per heavy atom. The van der Waals surface area contributed by atoms with Crippen molar-refractivity contribution in [1.29, 1.82) is 0 Å². The number of ether oxygens (including phenoxy) is 1. The predicted octanol–water partition coefficient (Wildman–Crippen LogP) is 1.27. The molecule has 0 aliphatic carbocycles. The van der Waals surface area contributed by atoms with Crippen molar-refractivity contribution in [2.75, 3.05) is 39.4 Å². The summed E-state index contributed by atoms with van der Waals surface area (Å²) < 4.78 is 5.32. The first-order valence-corrected chi connectivity index (χ1v) is 8.09. The number of hydrazone groups is 1. The van der Waals surface area contributed by atoms with Gasteiger partial charge in [-0.15, -0.1) is 0 Å². The Morgan fingerprint density at radius 2 is 2.35 bits per heavy atom. The van der Waals surface area contributed by atoms with E-state index >= 15 is 0 Å². The number of thiocarbonyl (C=S) groups is 1. The fourth-order valence-electron chi connectivity index (χ4n) is 1.88. The molecule has 0 amide bonds. The molecule has 2 N–H and O–H groups in total. The third-order valence-corrected chi connectivity index (χ3v) is 3.90. The summed E-state index contributed by atoms with van der Waals surface area (Å²) >= 11 is 6.80. The third kappa shape index (κ3) is 5.96. The summed E-state index contributed by atoms with van der Waals surface area (Å²) in [5, 5.41) is 11.9. The molecule has 0 unspecified atom stereocenters. The van der Waals surface area contributed by atoms with Crippen LogP contribution in [0, 0.1) is 0 Å². The molecule has 1 aliphatic rings. The highest BCUT2D eigenvalue weighted by Gasteiger charge is 2.08. The number of rotatable bonds is 6. The van der Waals surface area contributed by atoms with Crippen LogP contribution in [0.2, 0.25) is 0 Å². The molecule has 0 aromatic carbocycles. The van der Waals surface area contributed by atoms with Crippen molar-refractivity contribution in [3.8, 4) is 0 Å². The van der Waals surface area contributed by atoms with E-state index in [9.17, 15) is 0 Å². The molecule has 0 spiro atoms. The van der Waals surface area contributed by atoms with Crippen LogP contribution >= 0.6 is 23.6 Å². The zero-order valence-electron chi connectivity index (χ0n) is 11.4. The van der Waals surface area contributed by atoms with Crippen LogP contribution in [0.4, 0.5) is 0 Å². The lowest BCUT2D eigenvalue weighted by Crippen LogP contribution is -2.39. The monoisotopic (exact) mass is 312 g/mol. The Labute approximate surface area is 129 Å². The summed E-state index contributed by atoms with van der Waals surface area (Å²) in [5.41, 5.74) is 3.90. The lowest BCUT2D eigenvalue weighted by atomic mass is 10.3.